The van der Waals surface area contributed by atoms with Gasteiger partial charge in [0.2, 0.25) is 0 Å². The smallest absolute Gasteiger partial charge is 0.258 e. The van der Waals surface area contributed by atoms with Crippen LogP contribution in [0.2, 0.25) is 0 Å². The molecule has 0 aromatic heterocycles. The quantitative estimate of drug-likeness (QED) is 0.593. The molecule has 0 radical (unpaired) electrons. The van der Waals surface area contributed by atoms with Crippen LogP contribution in [-0.2, 0) is 0 Å². The number of carbonyl (C=O) groups excluding carboxylic acids is 1. The second kappa shape index (κ2) is 5.48. The van der Waals surface area contributed by atoms with Gasteiger partial charge in [-0.15, -0.1) is 0 Å². The Morgan fingerprint density at radius 2 is 2.05 bits per heavy atom. The zero-order chi connectivity index (χ0) is 14.7. The summed E-state index contributed by atoms with van der Waals surface area (Å²) in [6, 6.07) is 8.02. The number of nitrogen functional groups attached to an aromatic ring is 1. The highest BCUT2D eigenvalue weighted by molar-refractivity contribution is 6.06. The van der Waals surface area contributed by atoms with E-state index in [9.17, 15) is 14.3 Å². The SMILES string of the molecule is COc1ccc(C(=O)Nc2ccc(O)cc2N)c(F)c1. The summed E-state index contributed by atoms with van der Waals surface area (Å²) >= 11 is 0. The van der Waals surface area contributed by atoms with E-state index >= 15 is 0 Å². The molecule has 0 fully saturated rings. The van der Waals surface area contributed by atoms with Gasteiger partial charge >= 0.3 is 0 Å². The summed E-state index contributed by atoms with van der Waals surface area (Å²) in [4.78, 5) is 12.0. The number of ether oxygens (including phenoxy) is 1. The standard InChI is InChI=1S/C14H13FN2O3/c1-20-9-3-4-10(11(15)7-9)14(19)17-13-5-2-8(18)6-12(13)16/h2-7,18H,16H2,1H3,(H,17,19). The maximum absolute atomic E-state index is 13.7. The van der Waals surface area contributed by atoms with Crippen molar-refractivity contribution in [1.29, 1.82) is 0 Å². The topological polar surface area (TPSA) is 84.6 Å². The first-order chi connectivity index (χ1) is 9.51. The molecule has 2 aromatic rings. The Balaban J connectivity index is 2.24. The van der Waals surface area contributed by atoms with Gasteiger partial charge < -0.3 is 20.9 Å². The van der Waals surface area contributed by atoms with E-state index in [1.165, 1.54) is 37.4 Å². The van der Waals surface area contributed by atoms with Gasteiger partial charge in [0.25, 0.3) is 5.91 Å². The van der Waals surface area contributed by atoms with E-state index in [0.717, 1.165) is 6.07 Å². The molecule has 0 saturated heterocycles. The van der Waals surface area contributed by atoms with Crippen LogP contribution in [0.5, 0.6) is 11.5 Å². The second-order valence-corrected chi connectivity index (χ2v) is 4.07. The summed E-state index contributed by atoms with van der Waals surface area (Å²) in [5.41, 5.74) is 6.00. The van der Waals surface area contributed by atoms with E-state index in [1.54, 1.807) is 0 Å². The first-order valence-electron chi connectivity index (χ1n) is 5.74. The molecule has 0 spiro atoms. The van der Waals surface area contributed by atoms with Gasteiger partial charge in [-0.2, -0.15) is 0 Å². The number of phenolic OH excluding ortho intramolecular Hbond substituents is 1. The van der Waals surface area contributed by atoms with Gasteiger partial charge in [0, 0.05) is 12.1 Å². The number of aromatic hydroxyl groups is 1. The Morgan fingerprint density at radius 3 is 2.65 bits per heavy atom. The molecular weight excluding hydrogens is 263 g/mol. The monoisotopic (exact) mass is 276 g/mol. The fraction of sp³-hybridized carbons (Fsp3) is 0.0714. The molecule has 0 aliphatic heterocycles. The summed E-state index contributed by atoms with van der Waals surface area (Å²) in [7, 11) is 1.41. The number of carbonyl (C=O) groups is 1. The molecule has 104 valence electrons. The molecule has 0 unspecified atom stereocenters. The molecule has 0 aliphatic carbocycles. The van der Waals surface area contributed by atoms with Crippen molar-refractivity contribution >= 4 is 17.3 Å². The van der Waals surface area contributed by atoms with E-state index in [4.69, 9.17) is 10.5 Å². The van der Waals surface area contributed by atoms with Gasteiger partial charge in [0.1, 0.15) is 17.3 Å². The number of rotatable bonds is 3. The van der Waals surface area contributed by atoms with Gasteiger partial charge in [-0.25, -0.2) is 4.39 Å². The van der Waals surface area contributed by atoms with Crippen molar-refractivity contribution < 1.29 is 19.0 Å². The van der Waals surface area contributed by atoms with E-state index in [-0.39, 0.29) is 17.0 Å². The molecule has 0 atom stereocenters. The number of nitrogens with one attached hydrogen (secondary N) is 1. The van der Waals surface area contributed by atoms with Crippen LogP contribution in [0.25, 0.3) is 0 Å². The van der Waals surface area contributed by atoms with E-state index in [0.29, 0.717) is 11.4 Å². The maximum Gasteiger partial charge on any atom is 0.258 e. The highest BCUT2D eigenvalue weighted by Gasteiger charge is 2.14. The van der Waals surface area contributed by atoms with E-state index in [1.807, 2.05) is 0 Å². The molecule has 0 saturated carbocycles. The molecule has 20 heavy (non-hydrogen) atoms. The lowest BCUT2D eigenvalue weighted by Crippen LogP contribution is -2.14. The summed E-state index contributed by atoms with van der Waals surface area (Å²) in [6.45, 7) is 0. The maximum atomic E-state index is 13.7. The minimum atomic E-state index is -0.695. The van der Waals surface area contributed by atoms with Crippen LogP contribution in [-0.4, -0.2) is 18.1 Å². The van der Waals surface area contributed by atoms with Crippen LogP contribution in [0.4, 0.5) is 15.8 Å². The molecular formula is C14H13FN2O3. The normalized spacial score (nSPS) is 10.1. The summed E-state index contributed by atoms with van der Waals surface area (Å²) < 4.78 is 18.6. The third-order valence-corrected chi connectivity index (χ3v) is 2.70. The number of anilines is 2. The highest BCUT2D eigenvalue weighted by atomic mass is 19.1. The van der Waals surface area contributed by atoms with Crippen LogP contribution >= 0.6 is 0 Å². The molecule has 1 amide bonds. The molecule has 0 heterocycles. The van der Waals surface area contributed by atoms with Crippen molar-refractivity contribution in [1.82, 2.24) is 0 Å². The molecule has 2 rings (SSSR count). The Morgan fingerprint density at radius 1 is 1.30 bits per heavy atom. The molecule has 0 aliphatic rings. The Labute approximate surface area is 114 Å². The summed E-state index contributed by atoms with van der Waals surface area (Å²) in [6.07, 6.45) is 0. The third kappa shape index (κ3) is 2.80. The average molecular weight is 276 g/mol. The van der Waals surface area contributed by atoms with Crippen molar-refractivity contribution in [2.75, 3.05) is 18.2 Å². The fourth-order valence-corrected chi connectivity index (χ4v) is 1.66. The number of hydrogen-bond acceptors (Lipinski definition) is 4. The molecule has 6 heteroatoms. The number of phenols is 1. The Kier molecular flexibility index (Phi) is 3.74. The van der Waals surface area contributed by atoms with Gasteiger partial charge in [-0.1, -0.05) is 0 Å². The number of halogens is 1. The molecule has 5 nitrogen and oxygen atoms in total. The van der Waals surface area contributed by atoms with Crippen molar-refractivity contribution in [2.24, 2.45) is 0 Å². The highest BCUT2D eigenvalue weighted by Crippen LogP contribution is 2.24. The van der Waals surface area contributed by atoms with Crippen molar-refractivity contribution in [3.63, 3.8) is 0 Å². The van der Waals surface area contributed by atoms with Crippen LogP contribution in [0.3, 0.4) is 0 Å². The van der Waals surface area contributed by atoms with Gasteiger partial charge in [0.05, 0.1) is 24.0 Å². The van der Waals surface area contributed by atoms with E-state index < -0.39 is 11.7 Å². The zero-order valence-corrected chi connectivity index (χ0v) is 10.7. The van der Waals surface area contributed by atoms with Crippen LogP contribution < -0.4 is 15.8 Å². The number of nitrogens with two attached hydrogens (primary N) is 1. The largest absolute Gasteiger partial charge is 0.508 e. The predicted octanol–water partition coefficient (Wildman–Crippen LogP) is 2.37. The molecule has 0 bridgehead atoms. The number of methoxy groups -OCH3 is 1. The summed E-state index contributed by atoms with van der Waals surface area (Å²) in [5.74, 6) is -1.03. The van der Waals surface area contributed by atoms with Crippen molar-refractivity contribution in [3.8, 4) is 11.5 Å². The molecule has 2 aromatic carbocycles. The third-order valence-electron chi connectivity index (χ3n) is 2.70. The first-order valence-corrected chi connectivity index (χ1v) is 5.74. The fourth-order valence-electron chi connectivity index (χ4n) is 1.66. The number of benzene rings is 2. The minimum Gasteiger partial charge on any atom is -0.508 e. The summed E-state index contributed by atoms with van der Waals surface area (Å²) in [5, 5.41) is 11.7. The number of amides is 1. The minimum absolute atomic E-state index is 0.0175. The lowest BCUT2D eigenvalue weighted by Gasteiger charge is -2.09. The van der Waals surface area contributed by atoms with Gasteiger partial charge in [0.15, 0.2) is 0 Å². The first kappa shape index (κ1) is 13.7. The van der Waals surface area contributed by atoms with Gasteiger partial charge in [-0.05, 0) is 24.3 Å². The van der Waals surface area contributed by atoms with Crippen LogP contribution in [0.1, 0.15) is 10.4 Å². The Bertz CT molecular complexity index is 659. The zero-order valence-electron chi connectivity index (χ0n) is 10.7. The van der Waals surface area contributed by atoms with Crippen molar-refractivity contribution in [2.45, 2.75) is 0 Å². The second-order valence-electron chi connectivity index (χ2n) is 4.07. The number of hydrogen-bond donors (Lipinski definition) is 3. The average Bonchev–Trinajstić information content (AvgIpc) is 2.41. The lowest BCUT2D eigenvalue weighted by molar-refractivity contribution is 0.102. The predicted molar refractivity (Wildman–Crippen MR) is 73.4 cm³/mol. The van der Waals surface area contributed by atoms with Crippen LogP contribution in [0.15, 0.2) is 36.4 Å². The van der Waals surface area contributed by atoms with E-state index in [2.05, 4.69) is 5.32 Å². The Hall–Kier alpha value is -2.76. The lowest BCUT2D eigenvalue weighted by atomic mass is 10.1. The van der Waals surface area contributed by atoms with Crippen LogP contribution in [0, 0.1) is 5.82 Å². The van der Waals surface area contributed by atoms with Gasteiger partial charge in [-0.3, -0.25) is 4.79 Å². The molecule has 4 N–H and O–H groups in total. The van der Waals surface area contributed by atoms with Crippen molar-refractivity contribution in [3.05, 3.63) is 47.8 Å².